The number of hydrogen-bond donors (Lipinski definition) is 1. The van der Waals surface area contributed by atoms with Crippen molar-refractivity contribution in [2.45, 2.75) is 19.3 Å². The summed E-state index contributed by atoms with van der Waals surface area (Å²) >= 11 is 0. The molecule has 0 unspecified atom stereocenters. The first-order chi connectivity index (χ1) is 11.7. The van der Waals surface area contributed by atoms with E-state index >= 15 is 0 Å². The van der Waals surface area contributed by atoms with Gasteiger partial charge < -0.3 is 15.0 Å². The molecule has 1 saturated heterocycles. The lowest BCUT2D eigenvalue weighted by Crippen LogP contribution is -2.22. The van der Waals surface area contributed by atoms with Crippen molar-refractivity contribution in [1.29, 1.82) is 15.8 Å². The van der Waals surface area contributed by atoms with Crippen LogP contribution in [0.5, 0.6) is 5.75 Å². The first-order valence-corrected chi connectivity index (χ1v) is 7.83. The van der Waals surface area contributed by atoms with Crippen molar-refractivity contribution in [2.75, 3.05) is 32.1 Å². The Hall–Kier alpha value is -3.01. The molecule has 0 amide bonds. The molecule has 0 atom stereocenters. The third-order valence-electron chi connectivity index (χ3n) is 4.06. The minimum atomic E-state index is -0.242. The van der Waals surface area contributed by atoms with E-state index in [9.17, 15) is 5.26 Å². The van der Waals surface area contributed by atoms with Gasteiger partial charge in [0.1, 0.15) is 29.7 Å². The monoisotopic (exact) mass is 321 g/mol. The number of nitriles is 3. The Labute approximate surface area is 142 Å². The van der Waals surface area contributed by atoms with Crippen LogP contribution in [0.2, 0.25) is 0 Å². The third kappa shape index (κ3) is 4.04. The van der Waals surface area contributed by atoms with E-state index < -0.39 is 0 Å². The summed E-state index contributed by atoms with van der Waals surface area (Å²) in [5, 5.41) is 30.2. The summed E-state index contributed by atoms with van der Waals surface area (Å²) in [6, 6.07) is 11.0. The number of likely N-dealkylation sites (tertiary alicyclic amines) is 1. The second-order valence-electron chi connectivity index (χ2n) is 5.50. The summed E-state index contributed by atoms with van der Waals surface area (Å²) < 4.78 is 5.38. The third-order valence-corrected chi connectivity index (χ3v) is 4.06. The zero-order valence-corrected chi connectivity index (χ0v) is 13.7. The van der Waals surface area contributed by atoms with Crippen LogP contribution in [-0.2, 0) is 6.42 Å². The zero-order chi connectivity index (χ0) is 17.4. The Kier molecular flexibility index (Phi) is 6.20. The average molecular weight is 321 g/mol. The van der Waals surface area contributed by atoms with E-state index in [0.29, 0.717) is 11.4 Å². The number of allylic oxidation sites excluding steroid dienone is 2. The number of nitrogens with zero attached hydrogens (tertiary/aromatic N) is 4. The van der Waals surface area contributed by atoms with E-state index in [0.717, 1.165) is 31.6 Å². The molecule has 6 heteroatoms. The van der Waals surface area contributed by atoms with Gasteiger partial charge in [0, 0.05) is 6.54 Å². The Morgan fingerprint density at radius 3 is 2.46 bits per heavy atom. The molecule has 0 aromatic heterocycles. The SMILES string of the molecule is COc1cccc(CCN2CCCC2)c1NC(C#N)=C(C#N)C#N. The van der Waals surface area contributed by atoms with Gasteiger partial charge >= 0.3 is 0 Å². The lowest BCUT2D eigenvalue weighted by molar-refractivity contribution is 0.343. The van der Waals surface area contributed by atoms with Gasteiger partial charge in [-0.2, -0.15) is 15.8 Å². The summed E-state index contributed by atoms with van der Waals surface area (Å²) in [5.74, 6) is 0.580. The molecule has 0 aliphatic carbocycles. The first kappa shape index (κ1) is 17.3. The standard InChI is InChI=1S/C18H19N5O/c1-24-17-6-4-5-14(7-10-23-8-2-3-9-23)18(17)22-16(13-21)15(11-19)12-20/h4-6,22H,2-3,7-10H2,1H3. The van der Waals surface area contributed by atoms with Crippen LogP contribution in [0.3, 0.4) is 0 Å². The van der Waals surface area contributed by atoms with E-state index in [-0.39, 0.29) is 11.3 Å². The molecule has 1 aliphatic heterocycles. The zero-order valence-electron chi connectivity index (χ0n) is 13.7. The molecular weight excluding hydrogens is 302 g/mol. The predicted octanol–water partition coefficient (Wildman–Crippen LogP) is 2.57. The van der Waals surface area contributed by atoms with Gasteiger partial charge in [-0.15, -0.1) is 0 Å². The van der Waals surface area contributed by atoms with Crippen molar-refractivity contribution in [1.82, 2.24) is 4.90 Å². The Balaban J connectivity index is 2.29. The molecule has 2 rings (SSSR count). The highest BCUT2D eigenvalue weighted by Crippen LogP contribution is 2.30. The Bertz CT molecular complexity index is 726. The maximum Gasteiger partial charge on any atom is 0.163 e. The van der Waals surface area contributed by atoms with Gasteiger partial charge in [0.2, 0.25) is 0 Å². The summed E-state index contributed by atoms with van der Waals surface area (Å²) in [6.07, 6.45) is 3.27. The lowest BCUT2D eigenvalue weighted by Gasteiger charge is -2.18. The number of benzene rings is 1. The molecule has 0 saturated carbocycles. The molecule has 1 N–H and O–H groups in total. The van der Waals surface area contributed by atoms with Crippen molar-refractivity contribution in [3.8, 4) is 24.0 Å². The minimum Gasteiger partial charge on any atom is -0.495 e. The van der Waals surface area contributed by atoms with Crippen LogP contribution < -0.4 is 10.1 Å². The highest BCUT2D eigenvalue weighted by molar-refractivity contribution is 5.68. The fourth-order valence-electron chi connectivity index (χ4n) is 2.79. The number of para-hydroxylation sites is 1. The molecule has 24 heavy (non-hydrogen) atoms. The summed E-state index contributed by atoms with van der Waals surface area (Å²) in [4.78, 5) is 2.40. The number of hydrogen-bond acceptors (Lipinski definition) is 6. The van der Waals surface area contributed by atoms with Crippen molar-refractivity contribution >= 4 is 5.69 Å². The van der Waals surface area contributed by atoms with E-state index in [1.165, 1.54) is 12.8 Å². The molecule has 6 nitrogen and oxygen atoms in total. The molecule has 0 spiro atoms. The molecule has 1 heterocycles. The number of rotatable bonds is 6. The van der Waals surface area contributed by atoms with Crippen molar-refractivity contribution < 1.29 is 4.74 Å². The van der Waals surface area contributed by atoms with Crippen LogP contribution in [0.15, 0.2) is 29.5 Å². The van der Waals surface area contributed by atoms with Crippen molar-refractivity contribution in [3.05, 3.63) is 35.0 Å². The van der Waals surface area contributed by atoms with Crippen LogP contribution in [-0.4, -0.2) is 31.6 Å². The van der Waals surface area contributed by atoms with E-state index in [4.69, 9.17) is 15.3 Å². The fraction of sp³-hybridized carbons (Fsp3) is 0.389. The van der Waals surface area contributed by atoms with Gasteiger partial charge in [0.15, 0.2) is 5.57 Å². The maximum absolute atomic E-state index is 9.26. The van der Waals surface area contributed by atoms with E-state index in [1.54, 1.807) is 25.3 Å². The van der Waals surface area contributed by atoms with E-state index in [1.807, 2.05) is 18.2 Å². The summed E-state index contributed by atoms with van der Waals surface area (Å²) in [5.41, 5.74) is 1.32. The fourth-order valence-corrected chi connectivity index (χ4v) is 2.79. The van der Waals surface area contributed by atoms with Crippen molar-refractivity contribution in [2.24, 2.45) is 0 Å². The van der Waals surface area contributed by atoms with Crippen LogP contribution >= 0.6 is 0 Å². The number of anilines is 1. The summed E-state index contributed by atoms with van der Waals surface area (Å²) in [7, 11) is 1.55. The minimum absolute atomic E-state index is 0.0630. The first-order valence-electron chi connectivity index (χ1n) is 7.83. The molecule has 1 aliphatic rings. The van der Waals surface area contributed by atoms with Gasteiger partial charge in [0.05, 0.1) is 12.8 Å². The topological polar surface area (TPSA) is 95.9 Å². The van der Waals surface area contributed by atoms with E-state index in [2.05, 4.69) is 10.2 Å². The molecule has 1 aromatic rings. The van der Waals surface area contributed by atoms with Crippen LogP contribution in [0.4, 0.5) is 5.69 Å². The Morgan fingerprint density at radius 1 is 1.17 bits per heavy atom. The van der Waals surface area contributed by atoms with Gasteiger partial charge in [-0.1, -0.05) is 12.1 Å². The molecule has 0 radical (unpaired) electrons. The van der Waals surface area contributed by atoms with Crippen LogP contribution in [0.25, 0.3) is 0 Å². The highest BCUT2D eigenvalue weighted by Gasteiger charge is 2.16. The quantitative estimate of drug-likeness (QED) is 0.809. The molecule has 0 bridgehead atoms. The molecule has 1 aromatic carbocycles. The second-order valence-corrected chi connectivity index (χ2v) is 5.50. The van der Waals surface area contributed by atoms with Crippen molar-refractivity contribution in [3.63, 3.8) is 0 Å². The number of methoxy groups -OCH3 is 1. The maximum atomic E-state index is 9.26. The summed E-state index contributed by atoms with van der Waals surface area (Å²) in [6.45, 7) is 3.16. The lowest BCUT2D eigenvalue weighted by atomic mass is 10.1. The van der Waals surface area contributed by atoms with Gasteiger partial charge in [-0.25, -0.2) is 0 Å². The van der Waals surface area contributed by atoms with Gasteiger partial charge in [-0.3, -0.25) is 0 Å². The Morgan fingerprint density at radius 2 is 1.88 bits per heavy atom. The second kappa shape index (κ2) is 8.58. The molecular formula is C18H19N5O. The smallest absolute Gasteiger partial charge is 0.163 e. The van der Waals surface area contributed by atoms with Gasteiger partial charge in [-0.05, 0) is 44.0 Å². The predicted molar refractivity (Wildman–Crippen MR) is 89.9 cm³/mol. The average Bonchev–Trinajstić information content (AvgIpc) is 3.14. The largest absolute Gasteiger partial charge is 0.495 e. The van der Waals surface area contributed by atoms with Crippen LogP contribution in [0, 0.1) is 34.0 Å². The number of ether oxygens (including phenoxy) is 1. The molecule has 122 valence electrons. The number of nitrogens with one attached hydrogen (secondary N) is 1. The highest BCUT2D eigenvalue weighted by atomic mass is 16.5. The molecule has 1 fully saturated rings. The normalized spacial score (nSPS) is 13.4. The van der Waals surface area contributed by atoms with Crippen LogP contribution in [0.1, 0.15) is 18.4 Å². The van der Waals surface area contributed by atoms with Gasteiger partial charge in [0.25, 0.3) is 0 Å².